The van der Waals surface area contributed by atoms with Gasteiger partial charge in [-0.1, -0.05) is 24.3 Å². The van der Waals surface area contributed by atoms with E-state index < -0.39 is 6.10 Å². The molecule has 184 valence electrons. The Morgan fingerprint density at radius 2 is 1.54 bits per heavy atom. The Bertz CT molecular complexity index is 1260. The smallest absolute Gasteiger partial charge is 0.129 e. The van der Waals surface area contributed by atoms with Crippen LogP contribution in [0.4, 0.5) is 0 Å². The number of benzene rings is 3. The first kappa shape index (κ1) is 23.5. The van der Waals surface area contributed by atoms with E-state index >= 15 is 0 Å². The van der Waals surface area contributed by atoms with Gasteiger partial charge in [0.1, 0.15) is 30.0 Å². The van der Waals surface area contributed by atoms with Gasteiger partial charge in [-0.3, -0.25) is 9.80 Å². The number of aromatic nitrogens is 1. The second-order valence-electron chi connectivity index (χ2n) is 9.11. The van der Waals surface area contributed by atoms with Gasteiger partial charge >= 0.3 is 0 Å². The highest BCUT2D eigenvalue weighted by atomic mass is 16.5. The number of hydrogen-bond acceptors (Lipinski definition) is 6. The molecule has 4 aromatic rings. The van der Waals surface area contributed by atoms with E-state index in [1.807, 2.05) is 30.3 Å². The van der Waals surface area contributed by atoms with Crippen LogP contribution in [-0.4, -0.2) is 79.5 Å². The number of ether oxygens (including phenoxy) is 3. The van der Waals surface area contributed by atoms with Gasteiger partial charge in [-0.05, 0) is 35.9 Å². The van der Waals surface area contributed by atoms with Gasteiger partial charge in [0.25, 0.3) is 0 Å². The van der Waals surface area contributed by atoms with Crippen LogP contribution in [0.25, 0.3) is 21.8 Å². The third kappa shape index (κ3) is 5.37. The topological polar surface area (TPSA) is 70.2 Å². The molecular formula is C28H33N3O4. The number of rotatable bonds is 9. The van der Waals surface area contributed by atoms with Gasteiger partial charge < -0.3 is 24.3 Å². The van der Waals surface area contributed by atoms with E-state index in [-0.39, 0.29) is 6.61 Å². The summed E-state index contributed by atoms with van der Waals surface area (Å²) in [6.45, 7) is 5.44. The lowest BCUT2D eigenvalue weighted by Gasteiger charge is -2.35. The summed E-state index contributed by atoms with van der Waals surface area (Å²) in [5.74, 6) is 2.42. The van der Waals surface area contributed by atoms with Crippen molar-refractivity contribution in [1.82, 2.24) is 14.8 Å². The zero-order chi connectivity index (χ0) is 24.2. The molecule has 2 N–H and O–H groups in total. The van der Waals surface area contributed by atoms with Crippen LogP contribution in [0.3, 0.4) is 0 Å². The van der Waals surface area contributed by atoms with Crippen molar-refractivity contribution in [2.24, 2.45) is 0 Å². The monoisotopic (exact) mass is 475 g/mol. The number of β-amino-alcohol motifs (C(OH)–C–C–N with tert-alkyl or cyclic N) is 1. The van der Waals surface area contributed by atoms with Crippen LogP contribution in [-0.2, 0) is 6.54 Å². The van der Waals surface area contributed by atoms with E-state index in [2.05, 4.69) is 45.1 Å². The standard InChI is InChI=1S/C28H33N3O4/c1-33-22-14-20(15-23(16-22)34-2)17-30-10-12-31(13-11-30)18-21(32)19-35-27-9-5-8-26-28(27)24-6-3-4-7-25(24)29-26/h3-9,14-16,21,29,32H,10-13,17-19H2,1-2H3. The van der Waals surface area contributed by atoms with E-state index in [9.17, 15) is 5.11 Å². The van der Waals surface area contributed by atoms with Crippen molar-refractivity contribution in [3.63, 3.8) is 0 Å². The van der Waals surface area contributed by atoms with Crippen molar-refractivity contribution < 1.29 is 19.3 Å². The number of aromatic amines is 1. The molecule has 0 spiro atoms. The van der Waals surface area contributed by atoms with E-state index in [1.165, 1.54) is 5.56 Å². The van der Waals surface area contributed by atoms with Crippen molar-refractivity contribution in [3.8, 4) is 17.2 Å². The normalized spacial score (nSPS) is 16.0. The van der Waals surface area contributed by atoms with Crippen LogP contribution in [0.1, 0.15) is 5.56 Å². The number of fused-ring (bicyclic) bond motifs is 3. The van der Waals surface area contributed by atoms with Crippen LogP contribution < -0.4 is 14.2 Å². The molecule has 0 radical (unpaired) electrons. The molecular weight excluding hydrogens is 442 g/mol. The summed E-state index contributed by atoms with van der Waals surface area (Å²) in [6, 6.07) is 20.2. The second-order valence-corrected chi connectivity index (χ2v) is 9.11. The largest absolute Gasteiger partial charge is 0.497 e. The Kier molecular flexibility index (Phi) is 7.08. The minimum Gasteiger partial charge on any atom is -0.497 e. The number of aliphatic hydroxyl groups is 1. The SMILES string of the molecule is COc1cc(CN2CCN(CC(O)COc3cccc4[nH]c5ccccc5c34)CC2)cc(OC)c1. The minimum absolute atomic E-state index is 0.266. The van der Waals surface area contributed by atoms with E-state index in [1.54, 1.807) is 14.2 Å². The van der Waals surface area contributed by atoms with Crippen LogP contribution in [0.2, 0.25) is 0 Å². The van der Waals surface area contributed by atoms with Gasteiger partial charge in [-0.25, -0.2) is 0 Å². The summed E-state index contributed by atoms with van der Waals surface area (Å²) in [5.41, 5.74) is 3.31. The second kappa shape index (κ2) is 10.6. The Morgan fingerprint density at radius 1 is 0.857 bits per heavy atom. The summed E-state index contributed by atoms with van der Waals surface area (Å²) < 4.78 is 16.9. The van der Waals surface area contributed by atoms with Gasteiger partial charge in [-0.2, -0.15) is 0 Å². The van der Waals surface area contributed by atoms with Gasteiger partial charge in [0.05, 0.1) is 19.7 Å². The number of nitrogens with zero attached hydrogens (tertiary/aromatic N) is 2. The van der Waals surface area contributed by atoms with Crippen molar-refractivity contribution >= 4 is 21.8 Å². The third-order valence-electron chi connectivity index (χ3n) is 6.67. The lowest BCUT2D eigenvalue weighted by atomic mass is 10.1. The van der Waals surface area contributed by atoms with Gasteiger partial charge in [0.2, 0.25) is 0 Å². The Hall–Kier alpha value is -3.26. The average Bonchev–Trinajstić information content (AvgIpc) is 3.27. The van der Waals surface area contributed by atoms with E-state index in [4.69, 9.17) is 14.2 Å². The van der Waals surface area contributed by atoms with Gasteiger partial charge in [-0.15, -0.1) is 0 Å². The number of hydrogen-bond donors (Lipinski definition) is 2. The molecule has 7 nitrogen and oxygen atoms in total. The molecule has 1 fully saturated rings. The van der Waals surface area contributed by atoms with Crippen LogP contribution in [0, 0.1) is 0 Å². The van der Waals surface area contributed by atoms with Crippen LogP contribution >= 0.6 is 0 Å². The molecule has 1 saturated heterocycles. The molecule has 2 heterocycles. The molecule has 5 rings (SSSR count). The summed E-state index contributed by atoms with van der Waals surface area (Å²) in [5, 5.41) is 12.9. The average molecular weight is 476 g/mol. The molecule has 35 heavy (non-hydrogen) atoms. The number of nitrogens with one attached hydrogen (secondary N) is 1. The first-order chi connectivity index (χ1) is 17.1. The summed E-state index contributed by atoms with van der Waals surface area (Å²) in [6.07, 6.45) is -0.551. The van der Waals surface area contributed by atoms with Crippen LogP contribution in [0.5, 0.6) is 17.2 Å². The summed E-state index contributed by atoms with van der Waals surface area (Å²) >= 11 is 0. The molecule has 1 atom stereocenters. The Morgan fingerprint density at radius 3 is 2.29 bits per heavy atom. The fourth-order valence-electron chi connectivity index (χ4n) is 4.87. The lowest BCUT2D eigenvalue weighted by Crippen LogP contribution is -2.48. The molecule has 3 aromatic carbocycles. The molecule has 7 heteroatoms. The minimum atomic E-state index is -0.551. The quantitative estimate of drug-likeness (QED) is 0.383. The first-order valence-corrected chi connectivity index (χ1v) is 12.1. The maximum Gasteiger partial charge on any atom is 0.129 e. The highest BCUT2D eigenvalue weighted by molar-refractivity contribution is 6.10. The fourth-order valence-corrected chi connectivity index (χ4v) is 4.87. The van der Waals surface area contributed by atoms with Gasteiger partial charge in [0.15, 0.2) is 0 Å². The molecule has 0 saturated carbocycles. The molecule has 0 amide bonds. The predicted molar refractivity (Wildman–Crippen MR) is 139 cm³/mol. The van der Waals surface area contributed by atoms with E-state index in [0.717, 1.165) is 71.8 Å². The zero-order valence-electron chi connectivity index (χ0n) is 20.4. The molecule has 1 aliphatic heterocycles. The number of methoxy groups -OCH3 is 2. The number of piperazine rings is 1. The predicted octanol–water partition coefficient (Wildman–Crippen LogP) is 3.90. The third-order valence-corrected chi connectivity index (χ3v) is 6.67. The molecule has 1 aliphatic rings. The van der Waals surface area contributed by atoms with Crippen molar-refractivity contribution in [2.45, 2.75) is 12.6 Å². The zero-order valence-corrected chi connectivity index (χ0v) is 20.4. The molecule has 1 unspecified atom stereocenters. The van der Waals surface area contributed by atoms with Crippen LogP contribution in [0.15, 0.2) is 60.7 Å². The first-order valence-electron chi connectivity index (χ1n) is 12.1. The maximum atomic E-state index is 10.7. The molecule has 0 bridgehead atoms. The number of aliphatic hydroxyl groups excluding tert-OH is 1. The molecule has 0 aliphatic carbocycles. The number of para-hydroxylation sites is 1. The van der Waals surface area contributed by atoms with E-state index in [0.29, 0.717) is 6.54 Å². The summed E-state index contributed by atoms with van der Waals surface area (Å²) in [7, 11) is 3.35. The lowest BCUT2D eigenvalue weighted by molar-refractivity contribution is 0.0449. The summed E-state index contributed by atoms with van der Waals surface area (Å²) in [4.78, 5) is 8.17. The Labute approximate surface area is 205 Å². The van der Waals surface area contributed by atoms with Crippen molar-refractivity contribution in [3.05, 3.63) is 66.2 Å². The Balaban J connectivity index is 1.13. The van der Waals surface area contributed by atoms with Crippen molar-refractivity contribution in [1.29, 1.82) is 0 Å². The van der Waals surface area contributed by atoms with Gasteiger partial charge in [0, 0.05) is 61.6 Å². The maximum absolute atomic E-state index is 10.7. The molecule has 1 aromatic heterocycles. The number of H-pyrrole nitrogens is 1. The highest BCUT2D eigenvalue weighted by Gasteiger charge is 2.20. The fraction of sp³-hybridized carbons (Fsp3) is 0.357. The van der Waals surface area contributed by atoms with Crippen molar-refractivity contribution in [2.75, 3.05) is 53.6 Å². The highest BCUT2D eigenvalue weighted by Crippen LogP contribution is 2.33.